The fourth-order valence-electron chi connectivity index (χ4n) is 4.31. The van der Waals surface area contributed by atoms with Gasteiger partial charge in [-0.1, -0.05) is 55.5 Å². The van der Waals surface area contributed by atoms with Crippen LogP contribution < -0.4 is 14.4 Å². The van der Waals surface area contributed by atoms with Crippen molar-refractivity contribution in [2.75, 3.05) is 30.5 Å². The van der Waals surface area contributed by atoms with Crippen molar-refractivity contribution in [3.8, 4) is 5.75 Å². The van der Waals surface area contributed by atoms with Crippen molar-refractivity contribution in [2.45, 2.75) is 44.6 Å². The monoisotopic (exact) mass is 551 g/mol. The van der Waals surface area contributed by atoms with Crippen LogP contribution in [0, 0.1) is 0 Å². The molecule has 0 aliphatic carbocycles. The fraction of sp³-hybridized carbons (Fsp3) is 0.333. The Bertz CT molecular complexity index is 1300. The molecule has 0 radical (unpaired) electrons. The van der Waals surface area contributed by atoms with E-state index in [4.69, 9.17) is 4.74 Å². The second-order valence-corrected chi connectivity index (χ2v) is 10.8. The molecule has 3 rings (SSSR count). The van der Waals surface area contributed by atoms with Gasteiger partial charge < -0.3 is 15.0 Å². The number of hydrogen-bond donors (Lipinski definition) is 1. The summed E-state index contributed by atoms with van der Waals surface area (Å²) in [5.41, 5.74) is 1.37. The molecule has 1 atom stereocenters. The van der Waals surface area contributed by atoms with E-state index in [1.165, 1.54) is 17.0 Å². The number of sulfonamides is 1. The average molecular weight is 552 g/mol. The smallest absolute Gasteiger partial charge is 0.264 e. The summed E-state index contributed by atoms with van der Waals surface area (Å²) in [6.45, 7) is 6.21. The lowest BCUT2D eigenvalue weighted by Gasteiger charge is -2.33. The van der Waals surface area contributed by atoms with Crippen molar-refractivity contribution in [2.24, 2.45) is 0 Å². The van der Waals surface area contributed by atoms with Gasteiger partial charge in [0.25, 0.3) is 10.0 Å². The molecule has 0 heterocycles. The maximum absolute atomic E-state index is 13.9. The van der Waals surface area contributed by atoms with Gasteiger partial charge in [0, 0.05) is 13.1 Å². The first-order chi connectivity index (χ1) is 18.8. The molecule has 2 amide bonds. The number of anilines is 1. The van der Waals surface area contributed by atoms with Crippen molar-refractivity contribution in [3.05, 3.63) is 90.5 Å². The Hall–Kier alpha value is -3.85. The maximum Gasteiger partial charge on any atom is 0.264 e. The van der Waals surface area contributed by atoms with E-state index in [0.29, 0.717) is 37.4 Å². The third-order valence-electron chi connectivity index (χ3n) is 6.27. The van der Waals surface area contributed by atoms with Gasteiger partial charge in [-0.3, -0.25) is 13.9 Å². The first-order valence-electron chi connectivity index (χ1n) is 13.2. The van der Waals surface area contributed by atoms with Crippen LogP contribution in [0.5, 0.6) is 5.75 Å². The highest BCUT2D eigenvalue weighted by atomic mass is 32.2. The van der Waals surface area contributed by atoms with Crippen LogP contribution in [0.3, 0.4) is 0 Å². The zero-order valence-electron chi connectivity index (χ0n) is 22.7. The Kier molecular flexibility index (Phi) is 10.9. The van der Waals surface area contributed by atoms with E-state index >= 15 is 0 Å². The molecular weight excluding hydrogens is 514 g/mol. The predicted molar refractivity (Wildman–Crippen MR) is 153 cm³/mol. The van der Waals surface area contributed by atoms with Gasteiger partial charge in [-0.2, -0.15) is 0 Å². The molecule has 8 nitrogen and oxygen atoms in total. The Morgan fingerprint density at radius 3 is 2.05 bits per heavy atom. The van der Waals surface area contributed by atoms with Crippen molar-refractivity contribution in [3.63, 3.8) is 0 Å². The number of nitrogens with one attached hydrogen (secondary N) is 1. The minimum Gasteiger partial charge on any atom is -0.494 e. The summed E-state index contributed by atoms with van der Waals surface area (Å²) < 4.78 is 34.3. The molecule has 0 saturated heterocycles. The first-order valence-corrected chi connectivity index (χ1v) is 14.7. The van der Waals surface area contributed by atoms with Crippen LogP contribution in [-0.4, -0.2) is 57.4 Å². The van der Waals surface area contributed by atoms with Crippen LogP contribution in [0.2, 0.25) is 0 Å². The molecule has 39 heavy (non-hydrogen) atoms. The van der Waals surface area contributed by atoms with Gasteiger partial charge >= 0.3 is 0 Å². The second kappa shape index (κ2) is 14.3. The molecule has 3 aromatic rings. The summed E-state index contributed by atoms with van der Waals surface area (Å²) in [5, 5.41) is 2.81. The molecule has 9 heteroatoms. The highest BCUT2D eigenvalue weighted by Crippen LogP contribution is 2.26. The summed E-state index contributed by atoms with van der Waals surface area (Å²) in [7, 11) is -4.11. The van der Waals surface area contributed by atoms with Gasteiger partial charge in [-0.05, 0) is 68.7 Å². The second-order valence-electron chi connectivity index (χ2n) is 8.89. The van der Waals surface area contributed by atoms with E-state index in [1.807, 2.05) is 51.1 Å². The normalized spacial score (nSPS) is 11.9. The van der Waals surface area contributed by atoms with Crippen LogP contribution >= 0.6 is 0 Å². The van der Waals surface area contributed by atoms with Gasteiger partial charge in [0.2, 0.25) is 11.8 Å². The summed E-state index contributed by atoms with van der Waals surface area (Å²) in [4.78, 5) is 28.4. The van der Waals surface area contributed by atoms with Crippen molar-refractivity contribution < 1.29 is 22.7 Å². The SMILES string of the molecule is CCNC(=O)[C@@H](CC)N(CCc1ccccc1)C(=O)CN(c1ccccc1)S(=O)(=O)c1ccc(OCC)cc1. The van der Waals surface area contributed by atoms with Gasteiger partial charge in [0.05, 0.1) is 17.2 Å². The Morgan fingerprint density at radius 1 is 0.872 bits per heavy atom. The lowest BCUT2D eigenvalue weighted by molar-refractivity contribution is -0.139. The molecule has 0 aliphatic rings. The Labute approximate surface area is 231 Å². The van der Waals surface area contributed by atoms with E-state index in [1.54, 1.807) is 42.5 Å². The average Bonchev–Trinajstić information content (AvgIpc) is 2.95. The number of benzene rings is 3. The highest BCUT2D eigenvalue weighted by Gasteiger charge is 2.33. The number of ether oxygens (including phenoxy) is 1. The molecule has 1 N–H and O–H groups in total. The molecule has 208 valence electrons. The molecule has 0 saturated carbocycles. The third-order valence-corrected chi connectivity index (χ3v) is 8.05. The number of hydrogen-bond acceptors (Lipinski definition) is 5. The zero-order chi connectivity index (χ0) is 28.3. The highest BCUT2D eigenvalue weighted by molar-refractivity contribution is 7.92. The number of amides is 2. The molecule has 0 unspecified atom stereocenters. The number of nitrogens with zero attached hydrogens (tertiary/aromatic N) is 2. The zero-order valence-corrected chi connectivity index (χ0v) is 23.6. The van der Waals surface area contributed by atoms with Gasteiger partial charge in [0.15, 0.2) is 0 Å². The molecule has 0 fully saturated rings. The summed E-state index contributed by atoms with van der Waals surface area (Å²) in [6, 6.07) is 23.6. The number of likely N-dealkylation sites (N-methyl/N-ethyl adjacent to an activating group) is 1. The number of rotatable bonds is 14. The predicted octanol–water partition coefficient (Wildman–Crippen LogP) is 4.27. The molecule has 0 aromatic heterocycles. The lowest BCUT2D eigenvalue weighted by Crippen LogP contribution is -2.53. The van der Waals surface area contributed by atoms with E-state index < -0.39 is 28.5 Å². The largest absolute Gasteiger partial charge is 0.494 e. The Morgan fingerprint density at radius 2 is 1.49 bits per heavy atom. The van der Waals surface area contributed by atoms with E-state index in [-0.39, 0.29) is 17.3 Å². The first kappa shape index (κ1) is 29.7. The molecule has 0 spiro atoms. The van der Waals surface area contributed by atoms with Crippen molar-refractivity contribution >= 4 is 27.5 Å². The molecule has 0 aliphatic heterocycles. The number of carbonyl (C=O) groups excluding carboxylic acids is 2. The quantitative estimate of drug-likeness (QED) is 0.323. The molecule has 3 aromatic carbocycles. The minimum atomic E-state index is -4.11. The summed E-state index contributed by atoms with van der Waals surface area (Å²) in [6.07, 6.45) is 0.919. The number of carbonyl (C=O) groups is 2. The fourth-order valence-corrected chi connectivity index (χ4v) is 5.73. The van der Waals surface area contributed by atoms with E-state index in [2.05, 4.69) is 5.32 Å². The summed E-state index contributed by atoms with van der Waals surface area (Å²) in [5.74, 6) is -0.164. The van der Waals surface area contributed by atoms with Crippen molar-refractivity contribution in [1.82, 2.24) is 10.2 Å². The summed E-state index contributed by atoms with van der Waals surface area (Å²) >= 11 is 0. The number of para-hydroxylation sites is 1. The van der Waals surface area contributed by atoms with Gasteiger partial charge in [0.1, 0.15) is 18.3 Å². The standard InChI is InChI=1S/C30H37N3O5S/c1-4-28(30(35)31-5-2)32(22-21-24-13-9-7-10-14-24)29(34)23-33(25-15-11-8-12-16-25)39(36,37)27-19-17-26(18-20-27)38-6-3/h7-20,28H,4-6,21-23H2,1-3H3,(H,31,35)/t28-/m1/s1. The lowest BCUT2D eigenvalue weighted by atomic mass is 10.1. The van der Waals surface area contributed by atoms with Gasteiger partial charge in [-0.15, -0.1) is 0 Å². The van der Waals surface area contributed by atoms with E-state index in [0.717, 1.165) is 9.87 Å². The topological polar surface area (TPSA) is 96.0 Å². The molecular formula is C30H37N3O5S. The van der Waals surface area contributed by atoms with Crippen LogP contribution in [0.1, 0.15) is 32.8 Å². The van der Waals surface area contributed by atoms with Crippen LogP contribution in [0.4, 0.5) is 5.69 Å². The molecule has 0 bridgehead atoms. The maximum atomic E-state index is 13.9. The van der Waals surface area contributed by atoms with E-state index in [9.17, 15) is 18.0 Å². The Balaban J connectivity index is 1.97. The minimum absolute atomic E-state index is 0.0363. The van der Waals surface area contributed by atoms with Crippen LogP contribution in [-0.2, 0) is 26.0 Å². The van der Waals surface area contributed by atoms with Crippen LogP contribution in [0.15, 0.2) is 89.8 Å². The van der Waals surface area contributed by atoms with Crippen LogP contribution in [0.25, 0.3) is 0 Å². The van der Waals surface area contributed by atoms with Crippen molar-refractivity contribution in [1.29, 1.82) is 0 Å². The van der Waals surface area contributed by atoms with Gasteiger partial charge in [-0.25, -0.2) is 8.42 Å². The third kappa shape index (κ3) is 7.83.